The first-order chi connectivity index (χ1) is 15.7. The van der Waals surface area contributed by atoms with Crippen molar-refractivity contribution < 1.29 is 22.7 Å². The average molecular weight is 518 g/mol. The minimum absolute atomic E-state index is 0.0977. The van der Waals surface area contributed by atoms with Gasteiger partial charge in [0, 0.05) is 16.8 Å². The molecule has 2 N–H and O–H groups in total. The number of unbranched alkanes of at least 4 members (excludes halogenated alkanes) is 2. The van der Waals surface area contributed by atoms with Crippen molar-refractivity contribution in [2.75, 3.05) is 17.2 Å². The summed E-state index contributed by atoms with van der Waals surface area (Å²) in [4.78, 5) is 16.6. The van der Waals surface area contributed by atoms with E-state index >= 15 is 0 Å². The van der Waals surface area contributed by atoms with Crippen molar-refractivity contribution in [2.24, 2.45) is 0 Å². The van der Waals surface area contributed by atoms with Crippen LogP contribution in [-0.4, -0.2) is 17.5 Å². The molecule has 0 bridgehead atoms. The molecule has 0 spiro atoms. The van der Waals surface area contributed by atoms with E-state index in [1.165, 1.54) is 23.6 Å². The lowest BCUT2D eigenvalue weighted by atomic mass is 10.1. The van der Waals surface area contributed by atoms with Crippen molar-refractivity contribution in [3.63, 3.8) is 0 Å². The number of ether oxygens (including phenoxy) is 1. The Hall–Kier alpha value is -2.49. The molecule has 2 aromatic carbocycles. The summed E-state index contributed by atoms with van der Waals surface area (Å²) in [5.74, 6) is -0.713. The minimum Gasteiger partial charge on any atom is -0.493 e. The van der Waals surface area contributed by atoms with Gasteiger partial charge in [0.15, 0.2) is 5.13 Å². The number of amides is 1. The van der Waals surface area contributed by atoms with Crippen LogP contribution in [0.4, 0.5) is 29.7 Å². The lowest BCUT2D eigenvalue weighted by Crippen LogP contribution is -2.12. The van der Waals surface area contributed by atoms with Gasteiger partial charge in [-0.05, 0) is 42.8 Å². The summed E-state index contributed by atoms with van der Waals surface area (Å²) in [6, 6.07) is 8.35. The number of aromatic nitrogens is 1. The number of nitrogens with one attached hydrogen (secondary N) is 2. The third kappa shape index (κ3) is 6.99. The summed E-state index contributed by atoms with van der Waals surface area (Å²) in [6.07, 6.45) is -2.07. The van der Waals surface area contributed by atoms with Crippen molar-refractivity contribution in [3.05, 3.63) is 63.1 Å². The van der Waals surface area contributed by atoms with E-state index in [9.17, 15) is 18.0 Å². The number of hydrogen-bond donors (Lipinski definition) is 2. The quantitative estimate of drug-likeness (QED) is 0.282. The molecule has 0 aliphatic rings. The molecule has 3 aromatic rings. The number of benzene rings is 2. The van der Waals surface area contributed by atoms with Gasteiger partial charge in [0.1, 0.15) is 11.4 Å². The molecule has 0 fully saturated rings. The van der Waals surface area contributed by atoms with E-state index in [0.29, 0.717) is 17.1 Å². The Morgan fingerprint density at radius 1 is 1.09 bits per heavy atom. The fraction of sp³-hybridized carbons (Fsp3) is 0.273. The summed E-state index contributed by atoms with van der Waals surface area (Å²) < 4.78 is 45.9. The maximum Gasteiger partial charge on any atom is 0.420 e. The Kier molecular flexibility index (Phi) is 8.45. The highest BCUT2D eigenvalue weighted by Gasteiger charge is 2.34. The molecule has 0 radical (unpaired) electrons. The standard InChI is InChI=1S/C22H20Cl2F3N3O2S/c1-2-3-4-9-32-19-8-6-13(10-15(19)22(25,26)27)29-21-30-18(12-33-21)20(31)28-14-5-7-16(23)17(24)11-14/h5-8,10-12H,2-4,9H2,1H3,(H,28,31)(H,29,30). The zero-order chi connectivity index (χ0) is 24.0. The second kappa shape index (κ2) is 11.1. The van der Waals surface area contributed by atoms with Crippen LogP contribution in [0.5, 0.6) is 5.75 Å². The van der Waals surface area contributed by atoms with Gasteiger partial charge < -0.3 is 15.4 Å². The van der Waals surface area contributed by atoms with E-state index < -0.39 is 17.6 Å². The van der Waals surface area contributed by atoms with Crippen LogP contribution >= 0.6 is 34.5 Å². The summed E-state index contributed by atoms with van der Waals surface area (Å²) in [7, 11) is 0. The second-order valence-corrected chi connectivity index (χ2v) is 8.68. The van der Waals surface area contributed by atoms with Crippen molar-refractivity contribution >= 4 is 57.0 Å². The predicted molar refractivity (Wildman–Crippen MR) is 126 cm³/mol. The molecule has 0 saturated carbocycles. The van der Waals surface area contributed by atoms with Gasteiger partial charge >= 0.3 is 6.18 Å². The van der Waals surface area contributed by atoms with E-state index in [2.05, 4.69) is 15.6 Å². The molecular formula is C22H20Cl2F3N3O2S. The molecule has 1 aromatic heterocycles. The number of thiazole rings is 1. The first kappa shape index (κ1) is 25.1. The number of halogens is 5. The molecule has 0 saturated heterocycles. The molecule has 3 rings (SSSR count). The van der Waals surface area contributed by atoms with Gasteiger partial charge in [-0.25, -0.2) is 4.98 Å². The normalized spacial score (nSPS) is 11.3. The van der Waals surface area contributed by atoms with Crippen LogP contribution in [0.1, 0.15) is 42.2 Å². The number of rotatable bonds is 9. The maximum absolute atomic E-state index is 13.5. The molecule has 176 valence electrons. The van der Waals surface area contributed by atoms with Gasteiger partial charge in [-0.1, -0.05) is 43.0 Å². The Balaban J connectivity index is 1.70. The van der Waals surface area contributed by atoms with Crippen LogP contribution in [-0.2, 0) is 6.18 Å². The fourth-order valence-corrected chi connectivity index (χ4v) is 3.83. The zero-order valence-corrected chi connectivity index (χ0v) is 19.8. The van der Waals surface area contributed by atoms with Crippen molar-refractivity contribution in [1.82, 2.24) is 4.98 Å². The highest BCUT2D eigenvalue weighted by atomic mass is 35.5. The van der Waals surface area contributed by atoms with Crippen LogP contribution in [0.2, 0.25) is 10.0 Å². The summed E-state index contributed by atoms with van der Waals surface area (Å²) in [5, 5.41) is 7.84. The first-order valence-corrected chi connectivity index (χ1v) is 11.6. The zero-order valence-electron chi connectivity index (χ0n) is 17.4. The molecule has 0 aliphatic carbocycles. The number of carbonyl (C=O) groups is 1. The number of carbonyl (C=O) groups excluding carboxylic acids is 1. The first-order valence-electron chi connectivity index (χ1n) is 10.0. The van der Waals surface area contributed by atoms with Gasteiger partial charge in [0.2, 0.25) is 0 Å². The minimum atomic E-state index is -4.58. The van der Waals surface area contributed by atoms with Gasteiger partial charge in [-0.15, -0.1) is 11.3 Å². The van der Waals surface area contributed by atoms with Gasteiger partial charge in [0.25, 0.3) is 5.91 Å². The van der Waals surface area contributed by atoms with Crippen LogP contribution in [0.25, 0.3) is 0 Å². The number of alkyl halides is 3. The Labute approximate surface area is 202 Å². The van der Waals surface area contributed by atoms with E-state index in [0.717, 1.165) is 30.2 Å². The van der Waals surface area contributed by atoms with E-state index in [-0.39, 0.29) is 33.9 Å². The molecule has 5 nitrogen and oxygen atoms in total. The highest BCUT2D eigenvalue weighted by molar-refractivity contribution is 7.14. The maximum atomic E-state index is 13.5. The number of hydrogen-bond acceptors (Lipinski definition) is 5. The van der Waals surface area contributed by atoms with E-state index in [1.807, 2.05) is 6.92 Å². The lowest BCUT2D eigenvalue weighted by molar-refractivity contribution is -0.138. The lowest BCUT2D eigenvalue weighted by Gasteiger charge is -2.15. The Morgan fingerprint density at radius 3 is 2.55 bits per heavy atom. The molecular weight excluding hydrogens is 498 g/mol. The molecule has 1 amide bonds. The topological polar surface area (TPSA) is 63.2 Å². The second-order valence-electron chi connectivity index (χ2n) is 7.01. The molecule has 0 unspecified atom stereocenters. The van der Waals surface area contributed by atoms with Crippen LogP contribution in [0.15, 0.2) is 41.8 Å². The Morgan fingerprint density at radius 2 is 1.85 bits per heavy atom. The third-order valence-corrected chi connectivity index (χ3v) is 5.95. The summed E-state index contributed by atoms with van der Waals surface area (Å²) in [5.41, 5.74) is -0.172. The van der Waals surface area contributed by atoms with Gasteiger partial charge in [-0.2, -0.15) is 13.2 Å². The average Bonchev–Trinajstić information content (AvgIpc) is 3.22. The van der Waals surface area contributed by atoms with E-state index in [1.54, 1.807) is 12.1 Å². The molecule has 1 heterocycles. The number of nitrogens with zero attached hydrogens (tertiary/aromatic N) is 1. The highest BCUT2D eigenvalue weighted by Crippen LogP contribution is 2.38. The SMILES string of the molecule is CCCCCOc1ccc(Nc2nc(C(=O)Nc3ccc(Cl)c(Cl)c3)cs2)cc1C(F)(F)F. The van der Waals surface area contributed by atoms with Crippen LogP contribution in [0.3, 0.4) is 0 Å². The van der Waals surface area contributed by atoms with Gasteiger partial charge in [0.05, 0.1) is 22.2 Å². The fourth-order valence-electron chi connectivity index (χ4n) is 2.82. The van der Waals surface area contributed by atoms with Crippen molar-refractivity contribution in [2.45, 2.75) is 32.4 Å². The molecule has 33 heavy (non-hydrogen) atoms. The van der Waals surface area contributed by atoms with E-state index in [4.69, 9.17) is 27.9 Å². The number of anilines is 3. The van der Waals surface area contributed by atoms with Crippen molar-refractivity contribution in [3.8, 4) is 5.75 Å². The third-order valence-electron chi connectivity index (χ3n) is 4.46. The molecule has 0 atom stereocenters. The van der Waals surface area contributed by atoms with Crippen molar-refractivity contribution in [1.29, 1.82) is 0 Å². The smallest absolute Gasteiger partial charge is 0.420 e. The largest absolute Gasteiger partial charge is 0.493 e. The van der Waals surface area contributed by atoms with Gasteiger partial charge in [-0.3, -0.25) is 4.79 Å². The summed E-state index contributed by atoms with van der Waals surface area (Å²) in [6.45, 7) is 2.22. The molecule has 0 aliphatic heterocycles. The summed E-state index contributed by atoms with van der Waals surface area (Å²) >= 11 is 12.9. The monoisotopic (exact) mass is 517 g/mol. The van der Waals surface area contributed by atoms with Crippen LogP contribution in [0, 0.1) is 0 Å². The Bertz CT molecular complexity index is 1120. The predicted octanol–water partition coefficient (Wildman–Crippen LogP) is 8.03. The molecule has 11 heteroatoms. The van der Waals surface area contributed by atoms with Crippen LogP contribution < -0.4 is 15.4 Å².